The van der Waals surface area contributed by atoms with Gasteiger partial charge in [0.25, 0.3) is 0 Å². The second-order valence-corrected chi connectivity index (χ2v) is 6.43. The summed E-state index contributed by atoms with van der Waals surface area (Å²) in [4.78, 5) is 12.1. The highest BCUT2D eigenvalue weighted by Crippen LogP contribution is 2.37. The van der Waals surface area contributed by atoms with Gasteiger partial charge in [-0.2, -0.15) is 0 Å². The zero-order chi connectivity index (χ0) is 12.2. The van der Waals surface area contributed by atoms with Crippen molar-refractivity contribution >= 4 is 17.5 Å². The lowest BCUT2D eigenvalue weighted by atomic mass is 9.86. The summed E-state index contributed by atoms with van der Waals surface area (Å²) < 4.78 is 0. The molecule has 0 aromatic rings. The fraction of sp³-hybridized carbons (Fsp3) is 0.923. The van der Waals surface area contributed by atoms with Crippen LogP contribution in [0.4, 0.5) is 0 Å². The van der Waals surface area contributed by atoms with Gasteiger partial charge in [0.2, 0.25) is 5.91 Å². The predicted octanol–water partition coefficient (Wildman–Crippen LogP) is 3.34. The molecular formula is C13H24ClNO. The molecule has 0 aromatic heterocycles. The van der Waals surface area contributed by atoms with E-state index in [4.69, 9.17) is 11.6 Å². The highest BCUT2D eigenvalue weighted by molar-refractivity contribution is 6.17. The van der Waals surface area contributed by atoms with Crippen molar-refractivity contribution in [3.8, 4) is 0 Å². The van der Waals surface area contributed by atoms with Crippen molar-refractivity contribution in [1.29, 1.82) is 0 Å². The molecule has 1 saturated carbocycles. The zero-order valence-corrected chi connectivity index (χ0v) is 11.5. The third-order valence-corrected chi connectivity index (χ3v) is 3.94. The Kier molecular flexibility index (Phi) is 4.66. The lowest BCUT2D eigenvalue weighted by Gasteiger charge is -2.28. The first-order chi connectivity index (χ1) is 7.40. The fourth-order valence-corrected chi connectivity index (χ4v) is 2.77. The summed E-state index contributed by atoms with van der Waals surface area (Å²) in [6, 6.07) is 0. The molecule has 0 saturated heterocycles. The average molecular weight is 246 g/mol. The van der Waals surface area contributed by atoms with Gasteiger partial charge in [-0.15, -0.1) is 11.6 Å². The van der Waals surface area contributed by atoms with E-state index in [2.05, 4.69) is 26.1 Å². The van der Waals surface area contributed by atoms with Gasteiger partial charge in [0.15, 0.2) is 0 Å². The normalized spacial score (nSPS) is 19.8. The van der Waals surface area contributed by atoms with Crippen LogP contribution in [0.1, 0.15) is 52.9 Å². The van der Waals surface area contributed by atoms with Gasteiger partial charge >= 0.3 is 0 Å². The van der Waals surface area contributed by atoms with Crippen molar-refractivity contribution in [2.45, 2.75) is 52.9 Å². The SMILES string of the molecule is CC(C)(CCCl)CNC(=O)C1(C)CCCC1. The van der Waals surface area contributed by atoms with Crippen molar-refractivity contribution in [3.63, 3.8) is 0 Å². The second kappa shape index (κ2) is 5.39. The fourth-order valence-electron chi connectivity index (χ4n) is 2.26. The molecule has 0 aliphatic heterocycles. The summed E-state index contributed by atoms with van der Waals surface area (Å²) in [7, 11) is 0. The Balaban J connectivity index is 2.40. The first kappa shape index (κ1) is 13.8. The minimum atomic E-state index is -0.114. The average Bonchev–Trinajstić information content (AvgIpc) is 2.63. The maximum atomic E-state index is 12.1. The van der Waals surface area contributed by atoms with Crippen LogP contribution in [0.2, 0.25) is 0 Å². The number of amides is 1. The molecule has 16 heavy (non-hydrogen) atoms. The van der Waals surface area contributed by atoms with E-state index in [1.165, 1.54) is 12.8 Å². The molecule has 0 spiro atoms. The van der Waals surface area contributed by atoms with E-state index in [0.717, 1.165) is 25.8 Å². The zero-order valence-electron chi connectivity index (χ0n) is 10.7. The Hall–Kier alpha value is -0.240. The lowest BCUT2D eigenvalue weighted by Crippen LogP contribution is -2.41. The first-order valence-corrected chi connectivity index (χ1v) is 6.77. The van der Waals surface area contributed by atoms with Gasteiger partial charge in [-0.25, -0.2) is 0 Å². The molecule has 94 valence electrons. The molecule has 1 aliphatic rings. The summed E-state index contributed by atoms with van der Waals surface area (Å²) in [5.41, 5.74) is -0.0105. The van der Waals surface area contributed by atoms with Crippen LogP contribution in [0, 0.1) is 10.8 Å². The first-order valence-electron chi connectivity index (χ1n) is 6.24. The molecule has 3 heteroatoms. The topological polar surface area (TPSA) is 29.1 Å². The van der Waals surface area contributed by atoms with Gasteiger partial charge in [0, 0.05) is 17.8 Å². The van der Waals surface area contributed by atoms with E-state index in [0.29, 0.717) is 5.88 Å². The van der Waals surface area contributed by atoms with Crippen molar-refractivity contribution in [1.82, 2.24) is 5.32 Å². The Bertz CT molecular complexity index is 244. The van der Waals surface area contributed by atoms with Crippen LogP contribution in [0.5, 0.6) is 0 Å². The molecule has 0 radical (unpaired) electrons. The predicted molar refractivity (Wildman–Crippen MR) is 68.7 cm³/mol. The largest absolute Gasteiger partial charge is 0.355 e. The van der Waals surface area contributed by atoms with E-state index < -0.39 is 0 Å². The quantitative estimate of drug-likeness (QED) is 0.740. The standard InChI is InChI=1S/C13H24ClNO/c1-12(2,8-9-14)10-15-11(16)13(3)6-4-5-7-13/h4-10H2,1-3H3,(H,15,16). The van der Waals surface area contributed by atoms with E-state index in [1.54, 1.807) is 0 Å². The van der Waals surface area contributed by atoms with Crippen molar-refractivity contribution in [2.24, 2.45) is 10.8 Å². The summed E-state index contributed by atoms with van der Waals surface area (Å²) in [5, 5.41) is 3.09. The number of rotatable bonds is 5. The second-order valence-electron chi connectivity index (χ2n) is 6.05. The highest BCUT2D eigenvalue weighted by Gasteiger charge is 2.36. The van der Waals surface area contributed by atoms with E-state index in [9.17, 15) is 4.79 Å². The molecule has 1 fully saturated rings. The number of hydrogen-bond acceptors (Lipinski definition) is 1. The summed E-state index contributed by atoms with van der Waals surface area (Å²) in [5.74, 6) is 0.882. The number of halogens is 1. The summed E-state index contributed by atoms with van der Waals surface area (Å²) >= 11 is 5.74. The molecule has 1 aliphatic carbocycles. The maximum absolute atomic E-state index is 12.1. The maximum Gasteiger partial charge on any atom is 0.225 e. The number of hydrogen-bond donors (Lipinski definition) is 1. The van der Waals surface area contributed by atoms with Crippen LogP contribution in [0.15, 0.2) is 0 Å². The Labute approximate surface area is 104 Å². The Morgan fingerprint density at radius 2 is 1.94 bits per heavy atom. The van der Waals surface area contributed by atoms with Crippen LogP contribution in [-0.2, 0) is 4.79 Å². The van der Waals surface area contributed by atoms with E-state index in [-0.39, 0.29) is 16.7 Å². The van der Waals surface area contributed by atoms with Gasteiger partial charge in [0.05, 0.1) is 0 Å². The van der Waals surface area contributed by atoms with Gasteiger partial charge in [-0.1, -0.05) is 33.6 Å². The van der Waals surface area contributed by atoms with Crippen LogP contribution in [0.3, 0.4) is 0 Å². The minimum absolute atomic E-state index is 0.104. The molecule has 0 atom stereocenters. The van der Waals surface area contributed by atoms with Crippen LogP contribution < -0.4 is 5.32 Å². The van der Waals surface area contributed by atoms with E-state index >= 15 is 0 Å². The van der Waals surface area contributed by atoms with Gasteiger partial charge in [-0.3, -0.25) is 4.79 Å². The molecule has 0 unspecified atom stereocenters. The van der Waals surface area contributed by atoms with Crippen molar-refractivity contribution in [2.75, 3.05) is 12.4 Å². The van der Waals surface area contributed by atoms with E-state index in [1.807, 2.05) is 0 Å². The molecule has 1 amide bonds. The molecular weight excluding hydrogens is 222 g/mol. The van der Waals surface area contributed by atoms with Gasteiger partial charge in [-0.05, 0) is 24.7 Å². The molecule has 0 heterocycles. The van der Waals surface area contributed by atoms with Crippen LogP contribution in [0.25, 0.3) is 0 Å². The molecule has 1 N–H and O–H groups in total. The lowest BCUT2D eigenvalue weighted by molar-refractivity contribution is -0.130. The van der Waals surface area contributed by atoms with Crippen molar-refractivity contribution < 1.29 is 4.79 Å². The van der Waals surface area contributed by atoms with Gasteiger partial charge in [0.1, 0.15) is 0 Å². The Morgan fingerprint density at radius 1 is 1.38 bits per heavy atom. The molecule has 1 rings (SSSR count). The smallest absolute Gasteiger partial charge is 0.225 e. The Morgan fingerprint density at radius 3 is 2.44 bits per heavy atom. The highest BCUT2D eigenvalue weighted by atomic mass is 35.5. The van der Waals surface area contributed by atoms with Crippen LogP contribution >= 0.6 is 11.6 Å². The number of alkyl halides is 1. The third-order valence-electron chi connectivity index (χ3n) is 3.75. The number of carbonyl (C=O) groups is 1. The monoisotopic (exact) mass is 245 g/mol. The number of nitrogens with one attached hydrogen (secondary N) is 1. The summed E-state index contributed by atoms with van der Waals surface area (Å²) in [6.07, 6.45) is 5.39. The van der Waals surface area contributed by atoms with Crippen LogP contribution in [-0.4, -0.2) is 18.3 Å². The number of carbonyl (C=O) groups excluding carboxylic acids is 1. The molecule has 0 bridgehead atoms. The van der Waals surface area contributed by atoms with Crippen molar-refractivity contribution in [3.05, 3.63) is 0 Å². The third kappa shape index (κ3) is 3.65. The summed E-state index contributed by atoms with van der Waals surface area (Å²) in [6.45, 7) is 7.11. The van der Waals surface area contributed by atoms with Gasteiger partial charge < -0.3 is 5.32 Å². The minimum Gasteiger partial charge on any atom is -0.355 e. The molecule has 2 nitrogen and oxygen atoms in total. The molecule has 0 aromatic carbocycles.